The SMILES string of the molecule is CC(C)(C)CC(=O)N1C[C@H](O)C[C@H]1C(=O)N[C@@H](CN1CCOCC1)c1ccc(-c2ccncc2)cc1. The molecule has 0 unspecified atom stereocenters. The number of ether oxygens (including phenoxy) is 1. The molecule has 3 heterocycles. The number of hydrogen-bond acceptors (Lipinski definition) is 6. The van der Waals surface area contributed by atoms with Crippen molar-refractivity contribution < 1.29 is 19.4 Å². The molecule has 3 atom stereocenters. The van der Waals surface area contributed by atoms with Crippen molar-refractivity contribution in [1.82, 2.24) is 20.1 Å². The van der Waals surface area contributed by atoms with Crippen molar-refractivity contribution in [2.24, 2.45) is 5.41 Å². The molecule has 2 aliphatic rings. The molecule has 0 radical (unpaired) electrons. The van der Waals surface area contributed by atoms with Crippen molar-refractivity contribution in [3.05, 3.63) is 54.4 Å². The first-order valence-electron chi connectivity index (χ1n) is 12.8. The molecule has 1 aromatic heterocycles. The molecular weight excluding hydrogens is 456 g/mol. The molecule has 4 rings (SSSR count). The van der Waals surface area contributed by atoms with Gasteiger partial charge in [-0.1, -0.05) is 45.0 Å². The zero-order valence-electron chi connectivity index (χ0n) is 21.5. The van der Waals surface area contributed by atoms with Crippen molar-refractivity contribution >= 4 is 11.8 Å². The first kappa shape index (κ1) is 26.3. The maximum absolute atomic E-state index is 13.5. The Labute approximate surface area is 213 Å². The summed E-state index contributed by atoms with van der Waals surface area (Å²) in [6.07, 6.45) is 3.44. The van der Waals surface area contributed by atoms with E-state index in [1.165, 1.54) is 0 Å². The standard InChI is InChI=1S/C28H38N4O4/c1-28(2,3)17-26(34)32-18-23(33)16-25(32)27(35)30-24(19-31-12-14-36-15-13-31)22-6-4-20(5-7-22)21-8-10-29-11-9-21/h4-11,23-25,33H,12-19H2,1-3H3,(H,30,35)/t23-,24+,25+/m1/s1. The lowest BCUT2D eigenvalue weighted by Crippen LogP contribution is -2.49. The molecule has 2 aromatic rings. The Bertz CT molecular complexity index is 1020. The van der Waals surface area contributed by atoms with Gasteiger partial charge in [-0.25, -0.2) is 0 Å². The van der Waals surface area contributed by atoms with Gasteiger partial charge in [-0.15, -0.1) is 0 Å². The van der Waals surface area contributed by atoms with Crippen molar-refractivity contribution in [2.75, 3.05) is 39.4 Å². The highest BCUT2D eigenvalue weighted by Crippen LogP contribution is 2.27. The second-order valence-corrected chi connectivity index (χ2v) is 11.0. The highest BCUT2D eigenvalue weighted by atomic mass is 16.5. The molecule has 1 aromatic carbocycles. The number of nitrogens with zero attached hydrogens (tertiary/aromatic N) is 3. The molecule has 0 aliphatic carbocycles. The van der Waals surface area contributed by atoms with E-state index in [9.17, 15) is 14.7 Å². The van der Waals surface area contributed by atoms with Gasteiger partial charge in [0.15, 0.2) is 0 Å². The van der Waals surface area contributed by atoms with Crippen molar-refractivity contribution in [1.29, 1.82) is 0 Å². The Morgan fingerprint density at radius 1 is 1.08 bits per heavy atom. The van der Waals surface area contributed by atoms with E-state index in [0.29, 0.717) is 26.2 Å². The van der Waals surface area contributed by atoms with Crippen LogP contribution in [0.3, 0.4) is 0 Å². The summed E-state index contributed by atoms with van der Waals surface area (Å²) in [5, 5.41) is 13.5. The number of nitrogens with one attached hydrogen (secondary N) is 1. The Morgan fingerprint density at radius 3 is 2.36 bits per heavy atom. The number of hydrogen-bond donors (Lipinski definition) is 2. The molecule has 2 aliphatic heterocycles. The van der Waals surface area contributed by atoms with Crippen LogP contribution >= 0.6 is 0 Å². The van der Waals surface area contributed by atoms with Crippen LogP contribution in [-0.4, -0.2) is 83.2 Å². The molecule has 2 N–H and O–H groups in total. The lowest BCUT2D eigenvalue weighted by Gasteiger charge is -2.33. The zero-order chi connectivity index (χ0) is 25.7. The second-order valence-electron chi connectivity index (χ2n) is 11.0. The van der Waals surface area contributed by atoms with Crippen LogP contribution in [0.5, 0.6) is 0 Å². The second kappa shape index (κ2) is 11.5. The van der Waals surface area contributed by atoms with E-state index in [4.69, 9.17) is 4.74 Å². The fourth-order valence-corrected chi connectivity index (χ4v) is 4.89. The summed E-state index contributed by atoms with van der Waals surface area (Å²) in [7, 11) is 0. The third-order valence-corrected chi connectivity index (χ3v) is 6.77. The van der Waals surface area contributed by atoms with Crippen LogP contribution in [0.2, 0.25) is 0 Å². The molecule has 0 bridgehead atoms. The number of aliphatic hydroxyl groups excluding tert-OH is 1. The molecule has 0 saturated carbocycles. The number of carbonyl (C=O) groups is 2. The number of rotatable bonds is 7. The number of aliphatic hydroxyl groups is 1. The molecule has 8 nitrogen and oxygen atoms in total. The molecule has 36 heavy (non-hydrogen) atoms. The average molecular weight is 495 g/mol. The predicted molar refractivity (Wildman–Crippen MR) is 138 cm³/mol. The van der Waals surface area contributed by atoms with Gasteiger partial charge in [-0.2, -0.15) is 0 Å². The third kappa shape index (κ3) is 6.90. The summed E-state index contributed by atoms with van der Waals surface area (Å²) in [5.74, 6) is -0.309. The summed E-state index contributed by atoms with van der Waals surface area (Å²) in [4.78, 5) is 34.4. The number of likely N-dealkylation sites (tertiary alicyclic amines) is 1. The fourth-order valence-electron chi connectivity index (χ4n) is 4.89. The number of morpholine rings is 1. The minimum Gasteiger partial charge on any atom is -0.391 e. The first-order chi connectivity index (χ1) is 17.2. The van der Waals surface area contributed by atoms with Crippen molar-refractivity contribution in [2.45, 2.75) is 51.8 Å². The van der Waals surface area contributed by atoms with Gasteiger partial charge in [0.1, 0.15) is 6.04 Å². The summed E-state index contributed by atoms with van der Waals surface area (Å²) < 4.78 is 5.50. The Morgan fingerprint density at radius 2 is 1.72 bits per heavy atom. The largest absolute Gasteiger partial charge is 0.391 e. The molecule has 8 heteroatoms. The monoisotopic (exact) mass is 494 g/mol. The van der Waals surface area contributed by atoms with E-state index in [1.807, 2.05) is 45.0 Å². The maximum Gasteiger partial charge on any atom is 0.243 e. The smallest absolute Gasteiger partial charge is 0.243 e. The summed E-state index contributed by atoms with van der Waals surface area (Å²) in [6, 6.07) is 11.2. The van der Waals surface area contributed by atoms with Crippen LogP contribution in [0.4, 0.5) is 0 Å². The molecule has 2 amide bonds. The lowest BCUT2D eigenvalue weighted by atomic mass is 9.91. The van der Waals surface area contributed by atoms with Crippen LogP contribution in [0.15, 0.2) is 48.8 Å². The highest BCUT2D eigenvalue weighted by Gasteiger charge is 2.40. The van der Waals surface area contributed by atoms with Crippen molar-refractivity contribution in [3.63, 3.8) is 0 Å². The number of amides is 2. The van der Waals surface area contributed by atoms with Gasteiger partial charge in [0, 0.05) is 51.4 Å². The minimum absolute atomic E-state index is 0.0920. The predicted octanol–water partition coefficient (Wildman–Crippen LogP) is 2.64. The third-order valence-electron chi connectivity index (χ3n) is 6.77. The molecule has 2 fully saturated rings. The van der Waals surface area contributed by atoms with Gasteiger partial charge in [-0.3, -0.25) is 19.5 Å². The van der Waals surface area contributed by atoms with Crippen LogP contribution in [0.25, 0.3) is 11.1 Å². The van der Waals surface area contributed by atoms with Crippen LogP contribution in [0.1, 0.15) is 45.2 Å². The summed E-state index contributed by atoms with van der Waals surface area (Å²) in [6.45, 7) is 9.80. The maximum atomic E-state index is 13.5. The quantitative estimate of drug-likeness (QED) is 0.615. The van der Waals surface area contributed by atoms with E-state index < -0.39 is 12.1 Å². The number of β-amino-alcohol motifs (C(OH)–C–C–N with tert-alkyl or cyclic N) is 1. The van der Waals surface area contributed by atoms with E-state index in [-0.39, 0.29) is 36.2 Å². The highest BCUT2D eigenvalue weighted by molar-refractivity contribution is 5.89. The van der Waals surface area contributed by atoms with Gasteiger partial charge >= 0.3 is 0 Å². The Hall–Kier alpha value is -2.81. The molecule has 2 saturated heterocycles. The summed E-state index contributed by atoms with van der Waals surface area (Å²) >= 11 is 0. The van der Waals surface area contributed by atoms with Crippen LogP contribution in [0, 0.1) is 5.41 Å². The fraction of sp³-hybridized carbons (Fsp3) is 0.536. The number of aromatic nitrogens is 1. The molecule has 194 valence electrons. The minimum atomic E-state index is -0.693. The van der Waals surface area contributed by atoms with E-state index in [1.54, 1.807) is 17.3 Å². The van der Waals surface area contributed by atoms with Crippen LogP contribution in [-0.2, 0) is 14.3 Å². The Kier molecular flexibility index (Phi) is 8.39. The van der Waals surface area contributed by atoms with Gasteiger partial charge in [-0.05, 0) is 34.2 Å². The van der Waals surface area contributed by atoms with Gasteiger partial charge in [0.25, 0.3) is 0 Å². The number of carbonyl (C=O) groups excluding carboxylic acids is 2. The zero-order valence-corrected chi connectivity index (χ0v) is 21.5. The molecular formula is C28H38N4O4. The Balaban J connectivity index is 1.52. The molecule has 0 spiro atoms. The van der Waals surface area contributed by atoms with Crippen LogP contribution < -0.4 is 5.32 Å². The van der Waals surface area contributed by atoms with E-state index in [0.717, 1.165) is 29.8 Å². The van der Waals surface area contributed by atoms with E-state index in [2.05, 4.69) is 27.3 Å². The first-order valence-corrected chi connectivity index (χ1v) is 12.8. The van der Waals surface area contributed by atoms with E-state index >= 15 is 0 Å². The number of benzene rings is 1. The average Bonchev–Trinajstić information content (AvgIpc) is 3.26. The van der Waals surface area contributed by atoms with Gasteiger partial charge < -0.3 is 20.1 Å². The van der Waals surface area contributed by atoms with Gasteiger partial charge in [0.2, 0.25) is 11.8 Å². The number of pyridine rings is 1. The lowest BCUT2D eigenvalue weighted by molar-refractivity contribution is -0.140. The summed E-state index contributed by atoms with van der Waals surface area (Å²) in [5.41, 5.74) is 2.97. The topological polar surface area (TPSA) is 95.0 Å². The van der Waals surface area contributed by atoms with Gasteiger partial charge in [0.05, 0.1) is 25.4 Å². The van der Waals surface area contributed by atoms with Crippen molar-refractivity contribution in [3.8, 4) is 11.1 Å². The normalized spacial score (nSPS) is 21.8.